The predicted octanol–water partition coefficient (Wildman–Crippen LogP) is 1.87. The van der Waals surface area contributed by atoms with Gasteiger partial charge in [0.2, 0.25) is 0 Å². The van der Waals surface area contributed by atoms with Crippen LogP contribution in [-0.2, 0) is 6.42 Å². The molecule has 0 spiro atoms. The van der Waals surface area contributed by atoms with Crippen molar-refractivity contribution < 1.29 is 5.11 Å². The molecule has 5 heteroatoms. The Kier molecular flexibility index (Phi) is 5.21. The third-order valence-electron chi connectivity index (χ3n) is 2.32. The fraction of sp³-hybridized carbons (Fsp3) is 0.667. The van der Waals surface area contributed by atoms with E-state index in [-0.39, 0.29) is 0 Å². The summed E-state index contributed by atoms with van der Waals surface area (Å²) in [6.45, 7) is 6.30. The molecular formula is C12H21N3OS. The summed E-state index contributed by atoms with van der Waals surface area (Å²) in [5.74, 6) is 2.32. The molecule has 0 aromatic carbocycles. The van der Waals surface area contributed by atoms with Crippen LogP contribution in [0.4, 0.5) is 5.82 Å². The third kappa shape index (κ3) is 4.91. The van der Waals surface area contributed by atoms with Crippen LogP contribution >= 0.6 is 11.8 Å². The Balaban J connectivity index is 2.65. The van der Waals surface area contributed by atoms with Crippen molar-refractivity contribution in [1.82, 2.24) is 9.97 Å². The quantitative estimate of drug-likeness (QED) is 0.812. The highest BCUT2D eigenvalue weighted by Gasteiger charge is 2.19. The van der Waals surface area contributed by atoms with Gasteiger partial charge in [-0.2, -0.15) is 11.8 Å². The maximum atomic E-state index is 10.0. The summed E-state index contributed by atoms with van der Waals surface area (Å²) in [4.78, 5) is 8.69. The summed E-state index contributed by atoms with van der Waals surface area (Å²) in [6.07, 6.45) is 2.80. The van der Waals surface area contributed by atoms with Crippen LogP contribution in [0.2, 0.25) is 0 Å². The lowest BCUT2D eigenvalue weighted by molar-refractivity contribution is 0.0996. The Morgan fingerprint density at radius 2 is 2.18 bits per heavy atom. The maximum Gasteiger partial charge on any atom is 0.130 e. The molecule has 1 unspecified atom stereocenters. The van der Waals surface area contributed by atoms with Crippen LogP contribution in [0.25, 0.3) is 0 Å². The molecule has 96 valence electrons. The molecule has 0 aliphatic heterocycles. The van der Waals surface area contributed by atoms with Crippen LogP contribution in [0.15, 0.2) is 6.07 Å². The molecule has 0 saturated carbocycles. The summed E-state index contributed by atoms with van der Waals surface area (Å²) in [5, 5.41) is 13.2. The Morgan fingerprint density at radius 3 is 2.76 bits per heavy atom. The van der Waals surface area contributed by atoms with Crippen LogP contribution < -0.4 is 5.32 Å². The van der Waals surface area contributed by atoms with E-state index >= 15 is 0 Å². The van der Waals surface area contributed by atoms with E-state index in [1.54, 1.807) is 11.8 Å². The maximum absolute atomic E-state index is 10.0. The van der Waals surface area contributed by atoms with Crippen molar-refractivity contribution >= 4 is 17.6 Å². The zero-order valence-electron chi connectivity index (χ0n) is 10.9. The van der Waals surface area contributed by atoms with Gasteiger partial charge in [0, 0.05) is 30.5 Å². The molecule has 17 heavy (non-hydrogen) atoms. The van der Waals surface area contributed by atoms with Gasteiger partial charge in [-0.05, 0) is 20.1 Å². The van der Waals surface area contributed by atoms with Gasteiger partial charge < -0.3 is 10.4 Å². The highest BCUT2D eigenvalue weighted by Crippen LogP contribution is 2.13. The number of nitrogens with zero attached hydrogens (tertiary/aromatic N) is 2. The number of aromatic nitrogens is 2. The van der Waals surface area contributed by atoms with Crippen molar-refractivity contribution in [3.8, 4) is 0 Å². The summed E-state index contributed by atoms with van der Waals surface area (Å²) in [6, 6.07) is 1.90. The molecule has 4 nitrogen and oxygen atoms in total. The van der Waals surface area contributed by atoms with Gasteiger partial charge in [-0.15, -0.1) is 0 Å². The summed E-state index contributed by atoms with van der Waals surface area (Å²) in [7, 11) is 0. The van der Waals surface area contributed by atoms with E-state index < -0.39 is 5.60 Å². The zero-order valence-corrected chi connectivity index (χ0v) is 11.8. The molecule has 0 radical (unpaired) electrons. The molecule has 0 aliphatic carbocycles. The first-order valence-electron chi connectivity index (χ1n) is 5.76. The second kappa shape index (κ2) is 6.21. The van der Waals surface area contributed by atoms with Crippen LogP contribution in [-0.4, -0.2) is 39.2 Å². The van der Waals surface area contributed by atoms with E-state index in [0.29, 0.717) is 12.3 Å². The molecule has 0 bridgehead atoms. The van der Waals surface area contributed by atoms with Gasteiger partial charge in [0.25, 0.3) is 0 Å². The van der Waals surface area contributed by atoms with E-state index in [2.05, 4.69) is 15.3 Å². The van der Waals surface area contributed by atoms with Crippen LogP contribution in [0.3, 0.4) is 0 Å². The topological polar surface area (TPSA) is 58.0 Å². The van der Waals surface area contributed by atoms with Crippen molar-refractivity contribution in [3.63, 3.8) is 0 Å². The van der Waals surface area contributed by atoms with Crippen LogP contribution in [0.5, 0.6) is 0 Å². The minimum atomic E-state index is -0.718. The smallest absolute Gasteiger partial charge is 0.130 e. The molecule has 1 rings (SSSR count). The zero-order chi connectivity index (χ0) is 12.9. The second-order valence-electron chi connectivity index (χ2n) is 4.45. The number of nitrogens with one attached hydrogen (secondary N) is 1. The normalized spacial score (nSPS) is 14.4. The molecule has 0 amide bonds. The summed E-state index contributed by atoms with van der Waals surface area (Å²) < 4.78 is 0. The lowest BCUT2D eigenvalue weighted by Crippen LogP contribution is -2.36. The average Bonchev–Trinajstić information content (AvgIpc) is 2.26. The first kappa shape index (κ1) is 14.3. The Hall–Kier alpha value is -0.810. The van der Waals surface area contributed by atoms with Gasteiger partial charge >= 0.3 is 0 Å². The van der Waals surface area contributed by atoms with Crippen molar-refractivity contribution in [3.05, 3.63) is 17.6 Å². The standard InChI is InChI=1S/C12H21N3OS/c1-5-10-14-9(2)6-11(15-10)13-7-12(3,16)8-17-4/h6,16H,5,7-8H2,1-4H3,(H,13,14,15). The Bertz CT molecular complexity index is 369. The molecule has 1 atom stereocenters. The van der Waals surface area contributed by atoms with E-state index in [9.17, 15) is 5.11 Å². The largest absolute Gasteiger partial charge is 0.387 e. The van der Waals surface area contributed by atoms with Gasteiger partial charge in [-0.1, -0.05) is 6.92 Å². The minimum absolute atomic E-state index is 0.493. The number of hydrogen-bond donors (Lipinski definition) is 2. The van der Waals surface area contributed by atoms with Gasteiger partial charge in [-0.3, -0.25) is 0 Å². The highest BCUT2D eigenvalue weighted by atomic mass is 32.2. The third-order valence-corrected chi connectivity index (χ3v) is 3.23. The van der Waals surface area contributed by atoms with Crippen molar-refractivity contribution in [2.45, 2.75) is 32.8 Å². The average molecular weight is 255 g/mol. The highest BCUT2D eigenvalue weighted by molar-refractivity contribution is 7.98. The lowest BCUT2D eigenvalue weighted by Gasteiger charge is -2.23. The van der Waals surface area contributed by atoms with Crippen molar-refractivity contribution in [2.75, 3.05) is 23.9 Å². The van der Waals surface area contributed by atoms with E-state index in [1.165, 1.54) is 0 Å². The molecule has 1 aromatic rings. The summed E-state index contributed by atoms with van der Waals surface area (Å²) in [5.41, 5.74) is 0.230. The minimum Gasteiger partial charge on any atom is -0.387 e. The Labute approximate surface area is 107 Å². The SMILES string of the molecule is CCc1nc(C)cc(NCC(C)(O)CSC)n1. The monoisotopic (exact) mass is 255 g/mol. The molecular weight excluding hydrogens is 234 g/mol. The molecule has 0 aliphatic rings. The number of rotatable bonds is 6. The van der Waals surface area contributed by atoms with Gasteiger partial charge in [0.1, 0.15) is 11.6 Å². The van der Waals surface area contributed by atoms with Crippen molar-refractivity contribution in [1.29, 1.82) is 0 Å². The fourth-order valence-electron chi connectivity index (χ4n) is 1.52. The molecule has 1 heterocycles. The molecule has 1 aromatic heterocycles. The molecule has 0 fully saturated rings. The van der Waals surface area contributed by atoms with Gasteiger partial charge in [-0.25, -0.2) is 9.97 Å². The number of anilines is 1. The molecule has 2 N–H and O–H groups in total. The molecule has 0 saturated heterocycles. The van der Waals surface area contributed by atoms with E-state index in [4.69, 9.17) is 0 Å². The number of thioether (sulfide) groups is 1. The number of aliphatic hydroxyl groups is 1. The predicted molar refractivity (Wildman–Crippen MR) is 73.6 cm³/mol. The first-order valence-corrected chi connectivity index (χ1v) is 7.16. The van der Waals surface area contributed by atoms with Gasteiger partial charge in [0.05, 0.1) is 5.60 Å². The fourth-order valence-corrected chi connectivity index (χ4v) is 2.25. The summed E-state index contributed by atoms with van der Waals surface area (Å²) >= 11 is 1.63. The van der Waals surface area contributed by atoms with Crippen LogP contribution in [0, 0.1) is 6.92 Å². The van der Waals surface area contributed by atoms with Crippen LogP contribution in [0.1, 0.15) is 25.4 Å². The number of aryl methyl sites for hydroxylation is 2. The Morgan fingerprint density at radius 1 is 1.47 bits per heavy atom. The lowest BCUT2D eigenvalue weighted by atomic mass is 10.1. The number of hydrogen-bond acceptors (Lipinski definition) is 5. The first-order chi connectivity index (χ1) is 7.96. The van der Waals surface area contributed by atoms with Crippen molar-refractivity contribution in [2.24, 2.45) is 0 Å². The van der Waals surface area contributed by atoms with E-state index in [0.717, 1.165) is 23.8 Å². The van der Waals surface area contributed by atoms with E-state index in [1.807, 2.05) is 33.1 Å². The second-order valence-corrected chi connectivity index (χ2v) is 5.31. The van der Waals surface area contributed by atoms with Gasteiger partial charge in [0.15, 0.2) is 0 Å².